The van der Waals surface area contributed by atoms with Gasteiger partial charge in [0.15, 0.2) is 5.82 Å². The van der Waals surface area contributed by atoms with E-state index in [1.807, 2.05) is 60.7 Å². The number of aromatic carboxylic acids is 1. The number of benzene rings is 4. The van der Waals surface area contributed by atoms with Gasteiger partial charge in [0, 0.05) is 24.2 Å². The molecule has 0 aliphatic carbocycles. The molecule has 0 saturated carbocycles. The minimum Gasteiger partial charge on any atom is -0.478 e. The van der Waals surface area contributed by atoms with E-state index in [9.17, 15) is 14.7 Å². The molecule has 0 atom stereocenters. The summed E-state index contributed by atoms with van der Waals surface area (Å²) in [6.45, 7) is 4.41. The Hall–Kier alpha value is -5.26. The van der Waals surface area contributed by atoms with E-state index in [0.29, 0.717) is 26.7 Å². The van der Waals surface area contributed by atoms with Gasteiger partial charge in [0.1, 0.15) is 16.0 Å². The number of carboxylic acid groups (broad SMARTS) is 1. The van der Waals surface area contributed by atoms with Crippen LogP contribution in [0.1, 0.15) is 59.2 Å². The number of fused-ring (bicyclic) bond motifs is 2. The van der Waals surface area contributed by atoms with Gasteiger partial charge in [-0.2, -0.15) is 0 Å². The zero-order valence-electron chi connectivity index (χ0n) is 29.1. The van der Waals surface area contributed by atoms with Crippen molar-refractivity contribution >= 4 is 55.8 Å². The summed E-state index contributed by atoms with van der Waals surface area (Å²) in [5.41, 5.74) is 7.04. The van der Waals surface area contributed by atoms with Crippen LogP contribution < -0.4 is 10.2 Å². The average molecular weight is 762 g/mol. The fourth-order valence-electron chi connectivity index (χ4n) is 6.15. The molecule has 4 heterocycles. The molecule has 0 unspecified atom stereocenters. The first-order valence-corrected chi connectivity index (χ1v) is 18.4. The maximum atomic E-state index is 11.5. The van der Waals surface area contributed by atoms with Crippen LogP contribution in [0.4, 0.5) is 5.82 Å². The quantitative estimate of drug-likeness (QED) is 0.165. The fraction of sp³-hybridized carbons (Fsp3) is 0.268. The van der Waals surface area contributed by atoms with E-state index < -0.39 is 5.97 Å². The number of carboxylic acids is 1. The van der Waals surface area contributed by atoms with Crippen LogP contribution in [-0.4, -0.2) is 70.3 Å². The Morgan fingerprint density at radius 3 is 1.75 bits per heavy atom. The number of nitrogens with zero attached hydrogens (tertiary/aromatic N) is 5. The molecule has 2 saturated heterocycles. The molecule has 2 aliphatic heterocycles. The van der Waals surface area contributed by atoms with E-state index in [4.69, 9.17) is 14.7 Å². The van der Waals surface area contributed by atoms with Crippen LogP contribution in [0.2, 0.25) is 0 Å². The SMILES string of the molecule is C1CCNCC1.COC(=O)c1ccc2nc(-c3ccccc3)c(Br)nc2c1.O=C(O)c1ccc2nc(-c3ccccc3)c(N3CCCCC3)nc2c1. The number of anilines is 1. The third-order valence-corrected chi connectivity index (χ3v) is 9.45. The number of methoxy groups -OCH3 is 1. The molecule has 0 radical (unpaired) electrons. The van der Waals surface area contributed by atoms with Crippen molar-refractivity contribution in [3.8, 4) is 22.5 Å². The second-order valence-electron chi connectivity index (χ2n) is 12.6. The molecule has 2 N–H and O–H groups in total. The first kappa shape index (κ1) is 36.5. The Labute approximate surface area is 311 Å². The summed E-state index contributed by atoms with van der Waals surface area (Å²) >= 11 is 3.44. The van der Waals surface area contributed by atoms with Gasteiger partial charge in [0.2, 0.25) is 0 Å². The average Bonchev–Trinajstić information content (AvgIpc) is 3.21. The molecule has 11 heteroatoms. The Kier molecular flexibility index (Phi) is 12.5. The molecule has 266 valence electrons. The first-order chi connectivity index (χ1) is 25.4. The van der Waals surface area contributed by atoms with Crippen LogP contribution in [0.25, 0.3) is 44.6 Å². The molecular weight excluding hydrogens is 720 g/mol. The van der Waals surface area contributed by atoms with E-state index in [1.54, 1.807) is 36.4 Å². The second kappa shape index (κ2) is 17.8. The summed E-state index contributed by atoms with van der Waals surface area (Å²) in [5, 5.41) is 12.5. The van der Waals surface area contributed by atoms with Crippen LogP contribution >= 0.6 is 15.9 Å². The van der Waals surface area contributed by atoms with Crippen LogP contribution in [0, 0.1) is 0 Å². The smallest absolute Gasteiger partial charge is 0.337 e. The Bertz CT molecular complexity index is 2130. The highest BCUT2D eigenvalue weighted by molar-refractivity contribution is 9.10. The number of piperidine rings is 2. The van der Waals surface area contributed by atoms with Crippen molar-refractivity contribution in [3.05, 3.63) is 113 Å². The number of hydrogen-bond donors (Lipinski definition) is 2. The van der Waals surface area contributed by atoms with Gasteiger partial charge in [-0.25, -0.2) is 29.5 Å². The van der Waals surface area contributed by atoms with Crippen molar-refractivity contribution in [2.24, 2.45) is 0 Å². The number of carbonyl (C=O) groups excluding carboxylic acids is 1. The van der Waals surface area contributed by atoms with Gasteiger partial charge < -0.3 is 20.1 Å². The monoisotopic (exact) mass is 760 g/mol. The predicted molar refractivity (Wildman–Crippen MR) is 209 cm³/mol. The summed E-state index contributed by atoms with van der Waals surface area (Å²) in [5.74, 6) is -0.488. The number of aromatic nitrogens is 4. The number of ether oxygens (including phenoxy) is 1. The number of nitrogens with one attached hydrogen (secondary N) is 1. The Balaban J connectivity index is 0.000000155. The summed E-state index contributed by atoms with van der Waals surface area (Å²) < 4.78 is 5.35. The lowest BCUT2D eigenvalue weighted by Gasteiger charge is -2.29. The largest absolute Gasteiger partial charge is 0.478 e. The molecule has 0 amide bonds. The summed E-state index contributed by atoms with van der Waals surface area (Å²) in [7, 11) is 1.35. The molecule has 0 spiro atoms. The lowest BCUT2D eigenvalue weighted by Crippen LogP contribution is -2.31. The van der Waals surface area contributed by atoms with Crippen molar-refractivity contribution in [1.29, 1.82) is 0 Å². The zero-order chi connectivity index (χ0) is 36.3. The van der Waals surface area contributed by atoms with Crippen LogP contribution in [0.5, 0.6) is 0 Å². The molecular formula is C41H41BrN6O4. The van der Waals surface area contributed by atoms with E-state index in [2.05, 4.69) is 36.1 Å². The van der Waals surface area contributed by atoms with Gasteiger partial charge in [-0.1, -0.05) is 67.1 Å². The molecule has 8 rings (SSSR count). The topological polar surface area (TPSA) is 130 Å². The minimum absolute atomic E-state index is 0.235. The lowest BCUT2D eigenvalue weighted by atomic mass is 10.1. The normalized spacial score (nSPS) is 14.1. The number of rotatable bonds is 5. The van der Waals surface area contributed by atoms with Crippen LogP contribution in [-0.2, 0) is 4.74 Å². The second-order valence-corrected chi connectivity index (χ2v) is 13.3. The van der Waals surface area contributed by atoms with Crippen LogP contribution in [0.15, 0.2) is 102 Å². The van der Waals surface area contributed by atoms with Gasteiger partial charge in [-0.05, 0) is 97.5 Å². The van der Waals surface area contributed by atoms with E-state index in [1.165, 1.54) is 45.9 Å². The number of esters is 1. The van der Waals surface area contributed by atoms with Crippen molar-refractivity contribution < 1.29 is 19.4 Å². The first-order valence-electron chi connectivity index (χ1n) is 17.6. The number of halogens is 1. The van der Waals surface area contributed by atoms with Crippen molar-refractivity contribution in [2.75, 3.05) is 38.2 Å². The van der Waals surface area contributed by atoms with E-state index >= 15 is 0 Å². The zero-order valence-corrected chi connectivity index (χ0v) is 30.7. The van der Waals surface area contributed by atoms with E-state index in [0.717, 1.165) is 59.8 Å². The highest BCUT2D eigenvalue weighted by atomic mass is 79.9. The molecule has 4 aromatic carbocycles. The van der Waals surface area contributed by atoms with Crippen molar-refractivity contribution in [2.45, 2.75) is 38.5 Å². The molecule has 2 fully saturated rings. The lowest BCUT2D eigenvalue weighted by molar-refractivity contribution is 0.0600. The minimum atomic E-state index is -0.949. The van der Waals surface area contributed by atoms with Crippen LogP contribution in [0.3, 0.4) is 0 Å². The molecule has 52 heavy (non-hydrogen) atoms. The van der Waals surface area contributed by atoms with Gasteiger partial charge in [-0.15, -0.1) is 0 Å². The molecule has 2 aliphatic rings. The fourth-order valence-corrected chi connectivity index (χ4v) is 6.66. The Morgan fingerprint density at radius 1 is 0.654 bits per heavy atom. The maximum absolute atomic E-state index is 11.5. The molecule has 10 nitrogen and oxygen atoms in total. The molecule has 6 aromatic rings. The third-order valence-electron chi connectivity index (χ3n) is 8.89. The molecule has 2 aromatic heterocycles. The predicted octanol–water partition coefficient (Wildman–Crippen LogP) is 8.59. The van der Waals surface area contributed by atoms with Gasteiger partial charge in [0.05, 0.1) is 40.3 Å². The summed E-state index contributed by atoms with van der Waals surface area (Å²) in [6, 6.07) is 29.9. The van der Waals surface area contributed by atoms with Crippen molar-refractivity contribution in [1.82, 2.24) is 25.3 Å². The summed E-state index contributed by atoms with van der Waals surface area (Å²) in [6.07, 6.45) is 7.74. The highest BCUT2D eigenvalue weighted by Gasteiger charge is 2.20. The molecule has 0 bridgehead atoms. The van der Waals surface area contributed by atoms with Gasteiger partial charge >= 0.3 is 11.9 Å². The Morgan fingerprint density at radius 2 is 1.19 bits per heavy atom. The highest BCUT2D eigenvalue weighted by Crippen LogP contribution is 2.32. The number of hydrogen-bond acceptors (Lipinski definition) is 9. The maximum Gasteiger partial charge on any atom is 0.337 e. The van der Waals surface area contributed by atoms with E-state index in [-0.39, 0.29) is 11.5 Å². The number of carbonyl (C=O) groups is 2. The van der Waals surface area contributed by atoms with Gasteiger partial charge in [0.25, 0.3) is 0 Å². The summed E-state index contributed by atoms with van der Waals surface area (Å²) in [4.78, 5) is 43.8. The van der Waals surface area contributed by atoms with Gasteiger partial charge in [-0.3, -0.25) is 0 Å². The van der Waals surface area contributed by atoms with Crippen molar-refractivity contribution in [3.63, 3.8) is 0 Å². The third kappa shape index (κ3) is 9.15. The standard InChI is InChI=1S/C20H19N3O2.C16H11BrN2O2.C5H11N/c24-20(25)15-9-10-16-17(13-15)22-19(23-11-5-2-6-12-23)18(21-16)14-7-3-1-4-8-14;1-21-16(20)11-7-8-12-13(9-11)19-15(17)14(18-12)10-5-3-2-4-6-10;1-2-4-6-5-3-1/h1,3-4,7-10,13H,2,5-6,11-12H2,(H,24,25);2-9H,1H3;6H,1-5H2.